The number of carbonyl (C=O) groups is 2. The van der Waals surface area contributed by atoms with Gasteiger partial charge in [-0.15, -0.1) is 0 Å². The molecule has 0 unspecified atom stereocenters. The van der Waals surface area contributed by atoms with E-state index >= 15 is 0 Å². The van der Waals surface area contributed by atoms with Crippen molar-refractivity contribution in [3.05, 3.63) is 40.1 Å². The summed E-state index contributed by atoms with van der Waals surface area (Å²) in [4.78, 5) is 25.9. The number of esters is 1. The van der Waals surface area contributed by atoms with Crippen molar-refractivity contribution in [1.29, 1.82) is 0 Å². The monoisotopic (exact) mass is 347 g/mol. The van der Waals surface area contributed by atoms with E-state index in [2.05, 4.69) is 4.74 Å². The quantitative estimate of drug-likeness (QED) is 0.198. The summed E-state index contributed by atoms with van der Waals surface area (Å²) >= 11 is 5.90. The largest absolute Gasteiger partial charge is 0.492 e. The molecule has 8 heteroatoms. The van der Waals surface area contributed by atoms with Crippen molar-refractivity contribution in [2.45, 2.75) is 6.92 Å². The van der Waals surface area contributed by atoms with Gasteiger partial charge in [0.15, 0.2) is 11.6 Å². The van der Waals surface area contributed by atoms with E-state index in [0.29, 0.717) is 6.07 Å². The van der Waals surface area contributed by atoms with Crippen molar-refractivity contribution >= 4 is 23.4 Å². The fourth-order valence-corrected chi connectivity index (χ4v) is 2.04. The van der Waals surface area contributed by atoms with Gasteiger partial charge in [0.2, 0.25) is 11.6 Å². The first-order valence-electron chi connectivity index (χ1n) is 6.56. The topological polar surface area (TPSA) is 55.8 Å². The summed E-state index contributed by atoms with van der Waals surface area (Å²) in [5.41, 5.74) is -0.768. The number of benzene rings is 1. The molecular weight excluding hydrogens is 332 g/mol. The van der Waals surface area contributed by atoms with Crippen LogP contribution in [0.3, 0.4) is 0 Å². The molecule has 0 fully saturated rings. The van der Waals surface area contributed by atoms with Crippen molar-refractivity contribution < 1.29 is 27.8 Å². The maximum Gasteiger partial charge on any atom is 0.343 e. The molecule has 0 aliphatic heterocycles. The Morgan fingerprint density at radius 2 is 1.96 bits per heavy atom. The van der Waals surface area contributed by atoms with Crippen LogP contribution in [0.5, 0.6) is 5.75 Å². The van der Waals surface area contributed by atoms with Crippen LogP contribution in [0.1, 0.15) is 17.3 Å². The van der Waals surface area contributed by atoms with Crippen molar-refractivity contribution in [1.82, 2.24) is 4.90 Å². The fourth-order valence-electron chi connectivity index (χ4n) is 1.74. The molecule has 0 aliphatic carbocycles. The lowest BCUT2D eigenvalue weighted by atomic mass is 10.0. The van der Waals surface area contributed by atoms with Gasteiger partial charge in [0.1, 0.15) is 5.57 Å². The minimum atomic E-state index is -1.32. The summed E-state index contributed by atoms with van der Waals surface area (Å²) < 4.78 is 36.7. The van der Waals surface area contributed by atoms with E-state index in [9.17, 15) is 18.4 Å². The molecule has 23 heavy (non-hydrogen) atoms. The first-order valence-corrected chi connectivity index (χ1v) is 6.93. The molecule has 0 spiro atoms. The maximum absolute atomic E-state index is 13.6. The average Bonchev–Trinajstić information content (AvgIpc) is 2.48. The summed E-state index contributed by atoms with van der Waals surface area (Å²) in [5, 5.41) is -0.426. The Kier molecular flexibility index (Phi) is 6.50. The predicted molar refractivity (Wildman–Crippen MR) is 80.7 cm³/mol. The van der Waals surface area contributed by atoms with Gasteiger partial charge in [0.05, 0.1) is 18.7 Å². The number of halogens is 3. The first-order chi connectivity index (χ1) is 10.7. The zero-order valence-corrected chi connectivity index (χ0v) is 13.8. The summed E-state index contributed by atoms with van der Waals surface area (Å²) in [6, 6.07) is 0.616. The van der Waals surface area contributed by atoms with E-state index in [4.69, 9.17) is 16.3 Å². The number of rotatable bonds is 6. The Balaban J connectivity index is 3.46. The van der Waals surface area contributed by atoms with Gasteiger partial charge in [-0.1, -0.05) is 11.6 Å². The summed E-state index contributed by atoms with van der Waals surface area (Å²) in [6.07, 6.45) is 1.21. The molecule has 5 nitrogen and oxygen atoms in total. The molecule has 0 N–H and O–H groups in total. The molecule has 0 aromatic heterocycles. The minimum absolute atomic E-state index is 0.0473. The summed E-state index contributed by atoms with van der Waals surface area (Å²) in [5.74, 6) is -5.04. The van der Waals surface area contributed by atoms with Crippen LogP contribution in [0, 0.1) is 11.6 Å². The highest BCUT2D eigenvalue weighted by atomic mass is 35.5. The lowest BCUT2D eigenvalue weighted by Gasteiger charge is -2.13. The van der Waals surface area contributed by atoms with Gasteiger partial charge in [0, 0.05) is 25.9 Å². The highest BCUT2D eigenvalue weighted by molar-refractivity contribution is 6.38. The standard InChI is InChI=1S/C15H16ClF2NO4/c1-5-23-15(21)9(7-19(2)3)13(20)8-6-10(17)12(18)14(22-4)11(8)16/h6-7H,5H2,1-4H3. The molecule has 0 atom stereocenters. The smallest absolute Gasteiger partial charge is 0.343 e. The van der Waals surface area contributed by atoms with Crippen LogP contribution < -0.4 is 4.74 Å². The van der Waals surface area contributed by atoms with Crippen LogP contribution in [0.15, 0.2) is 17.8 Å². The van der Waals surface area contributed by atoms with E-state index in [1.165, 1.54) is 11.1 Å². The fraction of sp³-hybridized carbons (Fsp3) is 0.333. The van der Waals surface area contributed by atoms with E-state index in [1.54, 1.807) is 21.0 Å². The lowest BCUT2D eigenvalue weighted by Crippen LogP contribution is -2.20. The number of ketones is 1. The van der Waals surface area contributed by atoms with Crippen molar-refractivity contribution in [2.24, 2.45) is 0 Å². The zero-order chi connectivity index (χ0) is 17.7. The molecule has 0 bridgehead atoms. The van der Waals surface area contributed by atoms with Gasteiger partial charge in [-0.05, 0) is 13.0 Å². The molecule has 0 saturated heterocycles. The van der Waals surface area contributed by atoms with E-state index in [1.807, 2.05) is 0 Å². The van der Waals surface area contributed by atoms with E-state index < -0.39 is 39.7 Å². The molecule has 0 aliphatic rings. The number of carbonyl (C=O) groups excluding carboxylic acids is 2. The van der Waals surface area contributed by atoms with Crippen molar-refractivity contribution in [3.63, 3.8) is 0 Å². The van der Waals surface area contributed by atoms with Crippen LogP contribution >= 0.6 is 11.6 Å². The number of nitrogens with zero attached hydrogens (tertiary/aromatic N) is 1. The third kappa shape index (κ3) is 4.19. The van der Waals surface area contributed by atoms with Gasteiger partial charge in [-0.2, -0.15) is 4.39 Å². The summed E-state index contributed by atoms with van der Waals surface area (Å²) in [6.45, 7) is 1.62. The Morgan fingerprint density at radius 1 is 1.35 bits per heavy atom. The van der Waals surface area contributed by atoms with Crippen LogP contribution in [0.2, 0.25) is 5.02 Å². The molecule has 0 heterocycles. The number of methoxy groups -OCH3 is 1. The van der Waals surface area contributed by atoms with Gasteiger partial charge in [-0.3, -0.25) is 4.79 Å². The Hall–Kier alpha value is -2.15. The third-order valence-corrected chi connectivity index (χ3v) is 3.07. The van der Waals surface area contributed by atoms with E-state index in [0.717, 1.165) is 7.11 Å². The van der Waals surface area contributed by atoms with Crippen molar-refractivity contribution in [3.8, 4) is 5.75 Å². The highest BCUT2D eigenvalue weighted by Gasteiger charge is 2.28. The second-order valence-electron chi connectivity index (χ2n) is 4.62. The van der Waals surface area contributed by atoms with Gasteiger partial charge in [0.25, 0.3) is 0 Å². The number of hydrogen-bond donors (Lipinski definition) is 0. The van der Waals surface area contributed by atoms with Crippen LogP contribution in [-0.4, -0.2) is 44.5 Å². The average molecular weight is 348 g/mol. The Labute approximate surface area is 137 Å². The Morgan fingerprint density at radius 3 is 2.43 bits per heavy atom. The lowest BCUT2D eigenvalue weighted by molar-refractivity contribution is -0.138. The van der Waals surface area contributed by atoms with Gasteiger partial charge >= 0.3 is 5.97 Å². The number of Topliss-reactive ketones (excluding diaryl/α,β-unsaturated/α-hetero) is 1. The van der Waals surface area contributed by atoms with Crippen LogP contribution in [-0.2, 0) is 9.53 Å². The zero-order valence-electron chi connectivity index (χ0n) is 13.1. The Bertz CT molecular complexity index is 659. The third-order valence-electron chi connectivity index (χ3n) is 2.69. The second kappa shape index (κ2) is 7.92. The molecule has 0 radical (unpaired) electrons. The molecule has 0 saturated carbocycles. The predicted octanol–water partition coefficient (Wildman–Crippen LogP) is 2.82. The maximum atomic E-state index is 13.6. The van der Waals surface area contributed by atoms with Gasteiger partial charge < -0.3 is 14.4 Å². The molecule has 126 valence electrons. The molecule has 1 aromatic carbocycles. The highest BCUT2D eigenvalue weighted by Crippen LogP contribution is 2.34. The molecule has 0 amide bonds. The summed E-state index contributed by atoms with van der Waals surface area (Å²) in [7, 11) is 4.25. The number of hydrogen-bond acceptors (Lipinski definition) is 5. The van der Waals surface area contributed by atoms with Gasteiger partial charge in [-0.25, -0.2) is 9.18 Å². The normalized spacial score (nSPS) is 11.2. The molecular formula is C15H16ClF2NO4. The second-order valence-corrected chi connectivity index (χ2v) is 5.00. The van der Waals surface area contributed by atoms with Crippen LogP contribution in [0.25, 0.3) is 0 Å². The first kappa shape index (κ1) is 18.9. The van der Waals surface area contributed by atoms with Crippen molar-refractivity contribution in [2.75, 3.05) is 27.8 Å². The number of ether oxygens (including phenoxy) is 2. The van der Waals surface area contributed by atoms with E-state index in [-0.39, 0.29) is 12.2 Å². The molecule has 1 rings (SSSR count). The van der Waals surface area contributed by atoms with Crippen LogP contribution in [0.4, 0.5) is 8.78 Å². The SMILES string of the molecule is CCOC(=O)C(=CN(C)C)C(=O)c1cc(F)c(F)c(OC)c1Cl. The molecule has 1 aromatic rings. The minimum Gasteiger partial charge on any atom is -0.492 e.